The summed E-state index contributed by atoms with van der Waals surface area (Å²) in [5, 5.41) is 4.11. The molecule has 2 aliphatic rings. The highest BCUT2D eigenvalue weighted by atomic mass is 32.1. The van der Waals surface area contributed by atoms with Crippen LogP contribution in [0.25, 0.3) is 10.1 Å². The van der Waals surface area contributed by atoms with E-state index >= 15 is 4.39 Å². The molecule has 9 heteroatoms. The van der Waals surface area contributed by atoms with E-state index in [0.717, 1.165) is 71.8 Å². The van der Waals surface area contributed by atoms with Crippen LogP contribution in [0.5, 0.6) is 0 Å². The summed E-state index contributed by atoms with van der Waals surface area (Å²) in [6, 6.07) is 3.50. The van der Waals surface area contributed by atoms with Gasteiger partial charge in [-0.25, -0.2) is 14.4 Å². The second-order valence-electron chi connectivity index (χ2n) is 9.66. The minimum atomic E-state index is -0.396. The van der Waals surface area contributed by atoms with Crippen molar-refractivity contribution in [1.29, 1.82) is 0 Å². The second kappa shape index (κ2) is 10.1. The van der Waals surface area contributed by atoms with Gasteiger partial charge in [0.05, 0.1) is 21.5 Å². The number of hydrogen-bond acceptors (Lipinski definition) is 7. The van der Waals surface area contributed by atoms with Crippen LogP contribution in [0.2, 0.25) is 0 Å². The number of aromatic nitrogens is 2. The lowest BCUT2D eigenvalue weighted by molar-refractivity contribution is 0.0831. The number of piperazine rings is 1. The number of hydrogen-bond donors (Lipinski definition) is 1. The molecule has 0 aromatic carbocycles. The Hall–Kier alpha value is -2.78. The van der Waals surface area contributed by atoms with Crippen LogP contribution in [-0.2, 0) is 0 Å². The molecular weight excluding hydrogens is 463 g/mol. The Morgan fingerprint density at radius 1 is 1.14 bits per heavy atom. The molecule has 1 saturated carbocycles. The van der Waals surface area contributed by atoms with Gasteiger partial charge in [0.25, 0.3) is 5.91 Å². The first-order chi connectivity index (χ1) is 16.9. The molecule has 2 fully saturated rings. The van der Waals surface area contributed by atoms with Crippen LogP contribution < -0.4 is 10.2 Å². The smallest absolute Gasteiger partial charge is 0.263 e. The zero-order valence-corrected chi connectivity index (χ0v) is 21.5. The lowest BCUT2D eigenvalue weighted by atomic mass is 9.94. The Labute approximate surface area is 210 Å². The summed E-state index contributed by atoms with van der Waals surface area (Å²) in [4.78, 5) is 28.8. The summed E-state index contributed by atoms with van der Waals surface area (Å²) < 4.78 is 16.0. The number of anilines is 3. The van der Waals surface area contributed by atoms with Gasteiger partial charge in [-0.15, -0.1) is 11.3 Å². The van der Waals surface area contributed by atoms with Crippen LogP contribution in [0.1, 0.15) is 53.8 Å². The van der Waals surface area contributed by atoms with E-state index in [-0.39, 0.29) is 11.7 Å². The molecule has 1 amide bonds. The summed E-state index contributed by atoms with van der Waals surface area (Å²) in [5.74, 6) is 0.710. The van der Waals surface area contributed by atoms with Gasteiger partial charge < -0.3 is 20.0 Å². The van der Waals surface area contributed by atoms with E-state index in [4.69, 9.17) is 0 Å². The molecule has 3 aromatic rings. The van der Waals surface area contributed by atoms with Gasteiger partial charge in [-0.2, -0.15) is 0 Å². The predicted octanol–water partition coefficient (Wildman–Crippen LogP) is 5.08. The molecule has 0 spiro atoms. The highest BCUT2D eigenvalue weighted by Gasteiger charge is 2.28. The predicted molar refractivity (Wildman–Crippen MR) is 141 cm³/mol. The third-order valence-electron chi connectivity index (χ3n) is 7.24. The van der Waals surface area contributed by atoms with Gasteiger partial charge in [-0.3, -0.25) is 4.79 Å². The fourth-order valence-electron chi connectivity index (χ4n) is 5.21. The molecule has 0 unspecified atom stereocenters. The molecule has 0 radical (unpaired) electrons. The first-order valence-corrected chi connectivity index (χ1v) is 13.3. The molecule has 5 rings (SSSR count). The maximum absolute atomic E-state index is 15.0. The summed E-state index contributed by atoms with van der Waals surface area (Å²) >= 11 is 1.50. The standard InChI is InChI=1S/C26H33FN6OS/c1-4-32-9-11-33(12-10-32)18-13-20(27)25(29-15-18)30-22-14-19-21(16-28-22)35-24(26(34)31(2)3)23(19)17-7-5-6-8-17/h13-17H,4-12H2,1-3H3,(H,28,29,30). The van der Waals surface area contributed by atoms with Crippen LogP contribution >= 0.6 is 11.3 Å². The molecule has 1 saturated heterocycles. The summed E-state index contributed by atoms with van der Waals surface area (Å²) in [7, 11) is 3.58. The Kier molecular flexibility index (Phi) is 6.88. The average Bonchev–Trinajstić information content (AvgIpc) is 3.52. The van der Waals surface area contributed by atoms with Crippen molar-refractivity contribution in [2.45, 2.75) is 38.5 Å². The van der Waals surface area contributed by atoms with E-state index in [9.17, 15) is 4.79 Å². The number of carbonyl (C=O) groups is 1. The fourth-order valence-corrected chi connectivity index (χ4v) is 6.47. The molecule has 0 bridgehead atoms. The van der Waals surface area contributed by atoms with Crippen LogP contribution in [-0.4, -0.2) is 72.5 Å². The molecule has 4 heterocycles. The lowest BCUT2D eigenvalue weighted by Crippen LogP contribution is -2.46. The van der Waals surface area contributed by atoms with Crippen LogP contribution in [0.15, 0.2) is 24.5 Å². The van der Waals surface area contributed by atoms with E-state index in [2.05, 4.69) is 32.0 Å². The minimum Gasteiger partial charge on any atom is -0.368 e. The molecule has 35 heavy (non-hydrogen) atoms. The first kappa shape index (κ1) is 23.9. The SMILES string of the molecule is CCN1CCN(c2cnc(Nc3cc4c(C5CCCC5)c(C(=O)N(C)C)sc4cn3)c(F)c2)CC1. The normalized spacial score (nSPS) is 17.3. The number of nitrogens with zero attached hydrogens (tertiary/aromatic N) is 5. The topological polar surface area (TPSA) is 64.6 Å². The first-order valence-electron chi connectivity index (χ1n) is 12.5. The van der Waals surface area contributed by atoms with Crippen LogP contribution in [0.4, 0.5) is 21.7 Å². The average molecular weight is 497 g/mol. The third-order valence-corrected chi connectivity index (χ3v) is 8.38. The van der Waals surface area contributed by atoms with E-state index in [1.807, 2.05) is 6.07 Å². The summed E-state index contributed by atoms with van der Waals surface area (Å²) in [5.41, 5.74) is 1.93. The van der Waals surface area contributed by atoms with Crippen LogP contribution in [0.3, 0.4) is 0 Å². The molecule has 0 atom stereocenters. The Balaban J connectivity index is 1.41. The van der Waals surface area contributed by atoms with Crippen molar-refractivity contribution in [3.05, 3.63) is 40.8 Å². The van der Waals surface area contributed by atoms with Gasteiger partial charge in [-0.1, -0.05) is 19.8 Å². The third kappa shape index (κ3) is 4.84. The maximum Gasteiger partial charge on any atom is 0.263 e. The number of amides is 1. The van der Waals surface area contributed by atoms with Crippen molar-refractivity contribution in [3.8, 4) is 0 Å². The zero-order chi connectivity index (χ0) is 24.5. The number of carbonyl (C=O) groups excluding carboxylic acids is 1. The number of likely N-dealkylation sites (N-methyl/N-ethyl adjacent to an activating group) is 1. The summed E-state index contributed by atoms with van der Waals surface area (Å²) in [6.45, 7) is 6.90. The second-order valence-corrected chi connectivity index (χ2v) is 10.7. The number of halogens is 1. The lowest BCUT2D eigenvalue weighted by Gasteiger charge is -2.35. The van der Waals surface area contributed by atoms with E-state index in [1.54, 1.807) is 37.5 Å². The Morgan fingerprint density at radius 2 is 1.89 bits per heavy atom. The van der Waals surface area contributed by atoms with E-state index in [1.165, 1.54) is 24.2 Å². The molecule has 1 aliphatic heterocycles. The molecule has 7 nitrogen and oxygen atoms in total. The van der Waals surface area contributed by atoms with Crippen molar-refractivity contribution < 1.29 is 9.18 Å². The van der Waals surface area contributed by atoms with Crippen LogP contribution in [0, 0.1) is 5.82 Å². The van der Waals surface area contributed by atoms with Crippen molar-refractivity contribution >= 4 is 44.7 Å². The quantitative estimate of drug-likeness (QED) is 0.514. The van der Waals surface area contributed by atoms with Crippen molar-refractivity contribution in [2.75, 3.05) is 57.0 Å². The molecular formula is C26H33FN6OS. The number of thiophene rings is 1. The molecule has 1 N–H and O–H groups in total. The van der Waals surface area contributed by atoms with Gasteiger partial charge in [0.2, 0.25) is 0 Å². The minimum absolute atomic E-state index is 0.0330. The molecule has 186 valence electrons. The largest absolute Gasteiger partial charge is 0.368 e. The van der Waals surface area contributed by atoms with Gasteiger partial charge in [0.15, 0.2) is 11.6 Å². The van der Waals surface area contributed by atoms with E-state index in [0.29, 0.717) is 11.7 Å². The Morgan fingerprint density at radius 3 is 2.54 bits per heavy atom. The van der Waals surface area contributed by atoms with Gasteiger partial charge in [-0.05, 0) is 36.9 Å². The van der Waals surface area contributed by atoms with E-state index < -0.39 is 5.82 Å². The zero-order valence-electron chi connectivity index (χ0n) is 20.7. The number of fused-ring (bicyclic) bond motifs is 1. The van der Waals surface area contributed by atoms with Gasteiger partial charge in [0.1, 0.15) is 5.82 Å². The van der Waals surface area contributed by atoms with Crippen molar-refractivity contribution in [2.24, 2.45) is 0 Å². The summed E-state index contributed by atoms with van der Waals surface area (Å²) in [6.07, 6.45) is 8.07. The number of rotatable bonds is 6. The number of pyridine rings is 2. The monoisotopic (exact) mass is 496 g/mol. The molecule has 1 aliphatic carbocycles. The Bertz CT molecular complexity index is 1210. The maximum atomic E-state index is 15.0. The van der Waals surface area contributed by atoms with Crippen molar-refractivity contribution in [3.63, 3.8) is 0 Å². The van der Waals surface area contributed by atoms with Gasteiger partial charge in [0, 0.05) is 57.9 Å². The highest BCUT2D eigenvalue weighted by molar-refractivity contribution is 7.21. The number of nitrogens with one attached hydrogen (secondary N) is 1. The van der Waals surface area contributed by atoms with Gasteiger partial charge >= 0.3 is 0 Å². The molecule has 3 aromatic heterocycles. The van der Waals surface area contributed by atoms with Crippen molar-refractivity contribution in [1.82, 2.24) is 19.8 Å². The fraction of sp³-hybridized carbons (Fsp3) is 0.500. The highest BCUT2D eigenvalue weighted by Crippen LogP contribution is 2.44.